The largest absolute Gasteiger partial charge is 0.353 e. The number of nitrogens with zero attached hydrogens (tertiary/aromatic N) is 1. The van der Waals surface area contributed by atoms with Crippen LogP contribution in [0.2, 0.25) is 0 Å². The number of carbonyl (C=O) groups is 1. The van der Waals surface area contributed by atoms with E-state index in [1.165, 1.54) is 6.07 Å². The van der Waals surface area contributed by atoms with Crippen LogP contribution in [0.25, 0.3) is 0 Å². The quantitative estimate of drug-likeness (QED) is 0.786. The highest BCUT2D eigenvalue weighted by Gasteiger charge is 2.57. The van der Waals surface area contributed by atoms with Gasteiger partial charge in [0, 0.05) is 6.54 Å². The molecule has 1 aromatic rings. The second-order valence-corrected chi connectivity index (χ2v) is 4.37. The standard InChI is InChI=1S/C12H13FN2O/c1-2-15-10-8(13)4-3-5-9(10)14-11(16)12(15)6-7-12/h3-5H,2,6-7H2,1H3,(H,14,16). The van der Waals surface area contributed by atoms with Crippen molar-refractivity contribution in [3.63, 3.8) is 0 Å². The molecule has 1 fully saturated rings. The van der Waals surface area contributed by atoms with E-state index < -0.39 is 5.54 Å². The van der Waals surface area contributed by atoms with Crippen LogP contribution in [0, 0.1) is 5.82 Å². The van der Waals surface area contributed by atoms with Crippen molar-refractivity contribution in [3.05, 3.63) is 24.0 Å². The number of halogens is 1. The van der Waals surface area contributed by atoms with Gasteiger partial charge in [-0.2, -0.15) is 0 Å². The summed E-state index contributed by atoms with van der Waals surface area (Å²) in [7, 11) is 0. The highest BCUT2D eigenvalue weighted by atomic mass is 19.1. The minimum Gasteiger partial charge on any atom is -0.353 e. The van der Waals surface area contributed by atoms with Crippen molar-refractivity contribution in [2.75, 3.05) is 16.8 Å². The van der Waals surface area contributed by atoms with Gasteiger partial charge in [-0.15, -0.1) is 0 Å². The SMILES string of the molecule is CCN1c2c(F)cccc2NC(=O)C12CC2. The summed E-state index contributed by atoms with van der Waals surface area (Å²) in [4.78, 5) is 13.8. The van der Waals surface area contributed by atoms with Gasteiger partial charge >= 0.3 is 0 Å². The third kappa shape index (κ3) is 1.04. The van der Waals surface area contributed by atoms with E-state index in [0.29, 0.717) is 17.9 Å². The topological polar surface area (TPSA) is 32.3 Å². The lowest BCUT2D eigenvalue weighted by atomic mass is 10.1. The first-order valence-electron chi connectivity index (χ1n) is 5.56. The van der Waals surface area contributed by atoms with E-state index in [2.05, 4.69) is 5.32 Å². The highest BCUT2D eigenvalue weighted by molar-refractivity contribution is 6.08. The molecule has 84 valence electrons. The summed E-state index contributed by atoms with van der Waals surface area (Å²) in [6, 6.07) is 4.80. The van der Waals surface area contributed by atoms with Gasteiger partial charge in [-0.25, -0.2) is 4.39 Å². The number of nitrogens with one attached hydrogen (secondary N) is 1. The van der Waals surface area contributed by atoms with Crippen LogP contribution in [0.4, 0.5) is 15.8 Å². The highest BCUT2D eigenvalue weighted by Crippen LogP contribution is 2.50. The van der Waals surface area contributed by atoms with Gasteiger partial charge < -0.3 is 10.2 Å². The molecular weight excluding hydrogens is 207 g/mol. The van der Waals surface area contributed by atoms with Crippen LogP contribution in [0.15, 0.2) is 18.2 Å². The molecule has 1 saturated carbocycles. The van der Waals surface area contributed by atoms with E-state index in [9.17, 15) is 9.18 Å². The second-order valence-electron chi connectivity index (χ2n) is 4.37. The van der Waals surface area contributed by atoms with Gasteiger partial charge in [0.1, 0.15) is 11.4 Å². The first-order chi connectivity index (χ1) is 7.69. The summed E-state index contributed by atoms with van der Waals surface area (Å²) in [6.07, 6.45) is 1.64. The number of likely N-dealkylation sites (N-methyl/N-ethyl adjacent to an activating group) is 1. The summed E-state index contributed by atoms with van der Waals surface area (Å²) in [6.45, 7) is 2.61. The Bertz CT molecular complexity index is 468. The van der Waals surface area contributed by atoms with Crippen molar-refractivity contribution in [2.45, 2.75) is 25.3 Å². The van der Waals surface area contributed by atoms with Gasteiger partial charge in [-0.3, -0.25) is 4.79 Å². The smallest absolute Gasteiger partial charge is 0.250 e. The van der Waals surface area contributed by atoms with Crippen molar-refractivity contribution in [2.24, 2.45) is 0 Å². The molecular formula is C12H13FN2O. The monoisotopic (exact) mass is 220 g/mol. The Hall–Kier alpha value is -1.58. The number of hydrogen-bond acceptors (Lipinski definition) is 2. The van der Waals surface area contributed by atoms with Crippen LogP contribution in [0.5, 0.6) is 0 Å². The van der Waals surface area contributed by atoms with Crippen LogP contribution in [-0.4, -0.2) is 18.0 Å². The van der Waals surface area contributed by atoms with Crippen LogP contribution in [-0.2, 0) is 4.79 Å². The second kappa shape index (κ2) is 2.97. The zero-order valence-corrected chi connectivity index (χ0v) is 9.09. The molecule has 3 rings (SSSR count). The van der Waals surface area contributed by atoms with Crippen LogP contribution in [0.3, 0.4) is 0 Å². The summed E-state index contributed by atoms with van der Waals surface area (Å²) in [5, 5.41) is 2.80. The summed E-state index contributed by atoms with van der Waals surface area (Å²) >= 11 is 0. The predicted octanol–water partition coefficient (Wildman–Crippen LogP) is 2.14. The van der Waals surface area contributed by atoms with Crippen molar-refractivity contribution >= 4 is 17.3 Å². The maximum Gasteiger partial charge on any atom is 0.250 e. The van der Waals surface area contributed by atoms with Gasteiger partial charge in [-0.1, -0.05) is 6.07 Å². The van der Waals surface area contributed by atoms with Crippen molar-refractivity contribution in [1.82, 2.24) is 0 Å². The molecule has 0 bridgehead atoms. The molecule has 1 heterocycles. The Balaban J connectivity index is 2.18. The number of para-hydroxylation sites is 1. The molecule has 1 N–H and O–H groups in total. The molecule has 1 amide bonds. The normalized spacial score (nSPS) is 20.6. The van der Waals surface area contributed by atoms with E-state index in [4.69, 9.17) is 0 Å². The third-order valence-electron chi connectivity index (χ3n) is 3.48. The minimum absolute atomic E-state index is 0.00690. The molecule has 0 radical (unpaired) electrons. The van der Waals surface area contributed by atoms with Gasteiger partial charge in [0.05, 0.1) is 11.4 Å². The zero-order chi connectivity index (χ0) is 11.3. The van der Waals surface area contributed by atoms with Crippen LogP contribution < -0.4 is 10.2 Å². The number of hydrogen-bond donors (Lipinski definition) is 1. The van der Waals surface area contributed by atoms with Gasteiger partial charge in [-0.05, 0) is 31.9 Å². The van der Waals surface area contributed by atoms with Crippen molar-refractivity contribution < 1.29 is 9.18 Å². The van der Waals surface area contributed by atoms with Gasteiger partial charge in [0.15, 0.2) is 0 Å². The molecule has 0 atom stereocenters. The number of benzene rings is 1. The summed E-state index contributed by atoms with van der Waals surface area (Å²) in [5.41, 5.74) is 0.663. The van der Waals surface area contributed by atoms with Crippen LogP contribution in [0.1, 0.15) is 19.8 Å². The molecule has 3 nitrogen and oxygen atoms in total. The summed E-state index contributed by atoms with van der Waals surface area (Å²) < 4.78 is 13.8. The maximum absolute atomic E-state index is 13.8. The fourth-order valence-electron chi connectivity index (χ4n) is 2.54. The number of amides is 1. The molecule has 0 saturated heterocycles. The Kier molecular flexibility index (Phi) is 1.79. The molecule has 1 aliphatic heterocycles. The van der Waals surface area contributed by atoms with Crippen molar-refractivity contribution in [1.29, 1.82) is 0 Å². The van der Waals surface area contributed by atoms with E-state index in [-0.39, 0.29) is 11.7 Å². The molecule has 0 unspecified atom stereocenters. The van der Waals surface area contributed by atoms with E-state index in [1.807, 2.05) is 11.8 Å². The Morgan fingerprint density at radius 2 is 2.25 bits per heavy atom. The van der Waals surface area contributed by atoms with E-state index in [0.717, 1.165) is 12.8 Å². The maximum atomic E-state index is 13.8. The fourth-order valence-corrected chi connectivity index (χ4v) is 2.54. The van der Waals surface area contributed by atoms with Crippen LogP contribution >= 0.6 is 0 Å². The number of carbonyl (C=O) groups excluding carboxylic acids is 1. The first-order valence-corrected chi connectivity index (χ1v) is 5.56. The number of anilines is 2. The van der Waals surface area contributed by atoms with Crippen molar-refractivity contribution in [3.8, 4) is 0 Å². The molecule has 4 heteroatoms. The molecule has 1 spiro atoms. The van der Waals surface area contributed by atoms with E-state index in [1.54, 1.807) is 12.1 Å². The average molecular weight is 220 g/mol. The molecule has 1 aromatic carbocycles. The summed E-state index contributed by atoms with van der Waals surface area (Å²) in [5.74, 6) is -0.252. The lowest BCUT2D eigenvalue weighted by Crippen LogP contribution is -2.50. The zero-order valence-electron chi connectivity index (χ0n) is 9.09. The predicted molar refractivity (Wildman–Crippen MR) is 60.0 cm³/mol. The molecule has 16 heavy (non-hydrogen) atoms. The number of rotatable bonds is 1. The van der Waals surface area contributed by atoms with Gasteiger partial charge in [0.2, 0.25) is 5.91 Å². The Labute approximate surface area is 93.2 Å². The third-order valence-corrected chi connectivity index (χ3v) is 3.48. The first kappa shape index (κ1) is 9.63. The molecule has 0 aromatic heterocycles. The fraction of sp³-hybridized carbons (Fsp3) is 0.417. The lowest BCUT2D eigenvalue weighted by Gasteiger charge is -2.38. The number of fused-ring (bicyclic) bond motifs is 1. The lowest BCUT2D eigenvalue weighted by molar-refractivity contribution is -0.118. The minimum atomic E-state index is -0.468. The van der Waals surface area contributed by atoms with Gasteiger partial charge in [0.25, 0.3) is 0 Å². The van der Waals surface area contributed by atoms with E-state index >= 15 is 0 Å². The molecule has 2 aliphatic rings. The average Bonchev–Trinajstić information content (AvgIpc) is 3.03. The Morgan fingerprint density at radius 1 is 1.50 bits per heavy atom. The Morgan fingerprint density at radius 3 is 2.88 bits per heavy atom. The molecule has 1 aliphatic carbocycles.